The van der Waals surface area contributed by atoms with E-state index in [0.717, 1.165) is 36.9 Å². The topological polar surface area (TPSA) is 74.0 Å². The Hall–Kier alpha value is -1.62. The third-order valence-electron chi connectivity index (χ3n) is 5.18. The van der Waals surface area contributed by atoms with E-state index in [9.17, 15) is 9.59 Å². The standard InChI is InChI=1S/C18H27N3O2/c1-4-5-15-16(11(3)22)10(2)19-17(15)18(23)21-14-8-12-6-7-13(9-14)20-12/h12-14,19-20H,4-9H2,1-3H3,(H,21,23). The molecule has 3 N–H and O–H groups in total. The average molecular weight is 317 g/mol. The van der Waals surface area contributed by atoms with E-state index in [2.05, 4.69) is 22.5 Å². The lowest BCUT2D eigenvalue weighted by molar-refractivity contribution is 0.0918. The minimum Gasteiger partial charge on any atom is -0.354 e. The highest BCUT2D eigenvalue weighted by Gasteiger charge is 2.34. The molecule has 1 aromatic rings. The number of fused-ring (bicyclic) bond motifs is 2. The van der Waals surface area contributed by atoms with Crippen molar-refractivity contribution in [2.75, 3.05) is 0 Å². The van der Waals surface area contributed by atoms with Crippen LogP contribution in [-0.2, 0) is 6.42 Å². The van der Waals surface area contributed by atoms with Crippen LogP contribution < -0.4 is 10.6 Å². The zero-order chi connectivity index (χ0) is 16.6. The summed E-state index contributed by atoms with van der Waals surface area (Å²) >= 11 is 0. The number of rotatable bonds is 5. The number of aromatic amines is 1. The van der Waals surface area contributed by atoms with Gasteiger partial charge in [0, 0.05) is 29.4 Å². The minimum atomic E-state index is -0.0599. The van der Waals surface area contributed by atoms with E-state index in [-0.39, 0.29) is 17.7 Å². The molecule has 0 aromatic carbocycles. The molecule has 2 fully saturated rings. The fraction of sp³-hybridized carbons (Fsp3) is 0.667. The summed E-state index contributed by atoms with van der Waals surface area (Å²) in [6, 6.07) is 1.33. The van der Waals surface area contributed by atoms with Gasteiger partial charge in [-0.1, -0.05) is 13.3 Å². The summed E-state index contributed by atoms with van der Waals surface area (Å²) in [5, 5.41) is 6.78. The molecule has 0 spiro atoms. The maximum Gasteiger partial charge on any atom is 0.268 e. The van der Waals surface area contributed by atoms with Crippen LogP contribution in [-0.4, -0.2) is 34.8 Å². The van der Waals surface area contributed by atoms with E-state index in [1.807, 2.05) is 6.92 Å². The molecule has 1 aromatic heterocycles. The Bertz CT molecular complexity index is 608. The molecule has 1 amide bonds. The number of hydrogen-bond acceptors (Lipinski definition) is 3. The molecule has 0 saturated carbocycles. The van der Waals surface area contributed by atoms with Gasteiger partial charge in [0.25, 0.3) is 5.91 Å². The third kappa shape index (κ3) is 3.20. The molecule has 2 aliphatic heterocycles. The zero-order valence-corrected chi connectivity index (χ0v) is 14.3. The molecule has 2 unspecified atom stereocenters. The lowest BCUT2D eigenvalue weighted by atomic mass is 9.98. The fourth-order valence-electron chi connectivity index (χ4n) is 4.28. The van der Waals surface area contributed by atoms with Gasteiger partial charge < -0.3 is 15.6 Å². The van der Waals surface area contributed by atoms with Gasteiger partial charge in [-0.2, -0.15) is 0 Å². The predicted molar refractivity (Wildman–Crippen MR) is 90.0 cm³/mol. The Morgan fingerprint density at radius 1 is 1.22 bits per heavy atom. The van der Waals surface area contributed by atoms with Crippen molar-refractivity contribution >= 4 is 11.7 Å². The van der Waals surface area contributed by atoms with Crippen LogP contribution in [0, 0.1) is 6.92 Å². The molecule has 126 valence electrons. The van der Waals surface area contributed by atoms with E-state index < -0.39 is 0 Å². The van der Waals surface area contributed by atoms with Gasteiger partial charge in [-0.15, -0.1) is 0 Å². The van der Waals surface area contributed by atoms with Crippen molar-refractivity contribution in [1.82, 2.24) is 15.6 Å². The van der Waals surface area contributed by atoms with Crippen molar-refractivity contribution in [2.45, 2.75) is 77.4 Å². The number of amides is 1. The Morgan fingerprint density at radius 3 is 2.43 bits per heavy atom. The normalized spacial score (nSPS) is 26.3. The monoisotopic (exact) mass is 317 g/mol. The van der Waals surface area contributed by atoms with Crippen LogP contribution in [0.5, 0.6) is 0 Å². The molecule has 5 nitrogen and oxygen atoms in total. The van der Waals surface area contributed by atoms with Crippen LogP contribution in [0.3, 0.4) is 0 Å². The number of piperidine rings is 1. The number of aryl methyl sites for hydroxylation is 1. The van der Waals surface area contributed by atoms with E-state index in [1.165, 1.54) is 12.8 Å². The molecule has 2 saturated heterocycles. The average Bonchev–Trinajstić information content (AvgIpc) is 2.99. The van der Waals surface area contributed by atoms with Crippen molar-refractivity contribution in [1.29, 1.82) is 0 Å². The van der Waals surface area contributed by atoms with Crippen molar-refractivity contribution in [3.05, 3.63) is 22.5 Å². The molecule has 0 aliphatic carbocycles. The first-order valence-electron chi connectivity index (χ1n) is 8.78. The number of nitrogens with one attached hydrogen (secondary N) is 3. The van der Waals surface area contributed by atoms with Gasteiger partial charge in [0.2, 0.25) is 0 Å². The first kappa shape index (κ1) is 16.2. The molecule has 2 bridgehead atoms. The highest BCUT2D eigenvalue weighted by atomic mass is 16.2. The number of H-pyrrole nitrogens is 1. The highest BCUT2D eigenvalue weighted by molar-refractivity contribution is 6.02. The Morgan fingerprint density at radius 2 is 1.87 bits per heavy atom. The van der Waals surface area contributed by atoms with Crippen molar-refractivity contribution in [3.63, 3.8) is 0 Å². The number of carbonyl (C=O) groups is 2. The molecule has 3 heterocycles. The van der Waals surface area contributed by atoms with Gasteiger partial charge in [0.15, 0.2) is 5.78 Å². The minimum absolute atomic E-state index is 0.0289. The molecule has 5 heteroatoms. The SMILES string of the molecule is CCCc1c(C(=O)NC2CC3CCC(C2)N3)[nH]c(C)c1C(C)=O. The number of ketones is 1. The maximum absolute atomic E-state index is 12.8. The summed E-state index contributed by atoms with van der Waals surface area (Å²) in [5.74, 6) is -0.0310. The largest absolute Gasteiger partial charge is 0.354 e. The molecular formula is C18H27N3O2. The van der Waals surface area contributed by atoms with E-state index >= 15 is 0 Å². The highest BCUT2D eigenvalue weighted by Crippen LogP contribution is 2.27. The second-order valence-electron chi connectivity index (χ2n) is 7.06. The second-order valence-corrected chi connectivity index (χ2v) is 7.06. The van der Waals surface area contributed by atoms with Crippen molar-refractivity contribution in [2.24, 2.45) is 0 Å². The van der Waals surface area contributed by atoms with Crippen LogP contribution in [0.4, 0.5) is 0 Å². The van der Waals surface area contributed by atoms with Gasteiger partial charge in [0.05, 0.1) is 0 Å². The molecular weight excluding hydrogens is 290 g/mol. The maximum atomic E-state index is 12.8. The second kappa shape index (κ2) is 6.48. The molecule has 2 atom stereocenters. The van der Waals surface area contributed by atoms with Gasteiger partial charge >= 0.3 is 0 Å². The van der Waals surface area contributed by atoms with Crippen LogP contribution in [0.1, 0.15) is 78.1 Å². The lowest BCUT2D eigenvalue weighted by Gasteiger charge is -2.29. The Balaban J connectivity index is 1.79. The van der Waals surface area contributed by atoms with Crippen LogP contribution >= 0.6 is 0 Å². The summed E-state index contributed by atoms with van der Waals surface area (Å²) in [6.07, 6.45) is 6.10. The number of carbonyl (C=O) groups excluding carboxylic acids is 2. The number of aromatic nitrogens is 1. The van der Waals surface area contributed by atoms with Crippen molar-refractivity contribution < 1.29 is 9.59 Å². The van der Waals surface area contributed by atoms with Crippen LogP contribution in [0.2, 0.25) is 0 Å². The molecule has 23 heavy (non-hydrogen) atoms. The van der Waals surface area contributed by atoms with Gasteiger partial charge in [-0.05, 0) is 51.5 Å². The Kier molecular flexibility index (Phi) is 4.57. The quantitative estimate of drug-likeness (QED) is 0.731. The Labute approximate surface area is 137 Å². The fourth-order valence-corrected chi connectivity index (χ4v) is 4.28. The number of hydrogen-bond donors (Lipinski definition) is 3. The summed E-state index contributed by atoms with van der Waals surface area (Å²) < 4.78 is 0. The number of Topliss-reactive ketones (excluding diaryl/α,β-unsaturated/α-hetero) is 1. The zero-order valence-electron chi connectivity index (χ0n) is 14.3. The summed E-state index contributed by atoms with van der Waals surface area (Å²) in [5.41, 5.74) is 2.96. The predicted octanol–water partition coefficient (Wildman–Crippen LogP) is 2.49. The molecule has 3 rings (SSSR count). The van der Waals surface area contributed by atoms with Gasteiger partial charge in [0.1, 0.15) is 5.69 Å². The summed E-state index contributed by atoms with van der Waals surface area (Å²) in [4.78, 5) is 27.8. The third-order valence-corrected chi connectivity index (χ3v) is 5.18. The van der Waals surface area contributed by atoms with E-state index in [0.29, 0.717) is 23.3 Å². The molecule has 2 aliphatic rings. The lowest BCUT2D eigenvalue weighted by Crippen LogP contribution is -2.48. The van der Waals surface area contributed by atoms with E-state index in [4.69, 9.17) is 0 Å². The first-order chi connectivity index (χ1) is 11.0. The summed E-state index contributed by atoms with van der Waals surface area (Å²) in [6.45, 7) is 5.51. The molecule has 0 radical (unpaired) electrons. The first-order valence-corrected chi connectivity index (χ1v) is 8.78. The van der Waals surface area contributed by atoms with E-state index in [1.54, 1.807) is 6.92 Å². The van der Waals surface area contributed by atoms with Gasteiger partial charge in [-0.25, -0.2) is 0 Å². The van der Waals surface area contributed by atoms with Gasteiger partial charge in [-0.3, -0.25) is 9.59 Å². The van der Waals surface area contributed by atoms with Crippen molar-refractivity contribution in [3.8, 4) is 0 Å². The smallest absolute Gasteiger partial charge is 0.268 e. The van der Waals surface area contributed by atoms with Crippen LogP contribution in [0.15, 0.2) is 0 Å². The summed E-state index contributed by atoms with van der Waals surface area (Å²) in [7, 11) is 0. The van der Waals surface area contributed by atoms with Crippen LogP contribution in [0.25, 0.3) is 0 Å².